The van der Waals surface area contributed by atoms with Gasteiger partial charge in [0.15, 0.2) is 0 Å². The standard InChI is InChI=1S/C11H18N2O2S/c1-11(2,3)13-16(14,15)10-8-6-5-7-9(10)12-4/h5-8,12-13H,1-4H3. The molecule has 0 aromatic heterocycles. The van der Waals surface area contributed by atoms with Crippen molar-refractivity contribution in [2.75, 3.05) is 12.4 Å². The van der Waals surface area contributed by atoms with E-state index in [2.05, 4.69) is 10.0 Å². The highest BCUT2D eigenvalue weighted by molar-refractivity contribution is 7.89. The molecule has 0 aliphatic carbocycles. The zero-order chi connectivity index (χ0) is 12.4. The lowest BCUT2D eigenvalue weighted by atomic mass is 10.1. The number of sulfonamides is 1. The average Bonchev–Trinajstić information content (AvgIpc) is 2.14. The first-order valence-electron chi connectivity index (χ1n) is 5.07. The molecule has 0 saturated heterocycles. The Morgan fingerprint density at radius 2 is 1.69 bits per heavy atom. The third kappa shape index (κ3) is 3.21. The van der Waals surface area contributed by atoms with Crippen LogP contribution in [0.5, 0.6) is 0 Å². The predicted molar refractivity (Wildman–Crippen MR) is 66.1 cm³/mol. The summed E-state index contributed by atoms with van der Waals surface area (Å²) in [7, 11) is -1.77. The van der Waals surface area contributed by atoms with Gasteiger partial charge in [-0.1, -0.05) is 12.1 Å². The molecule has 0 saturated carbocycles. The van der Waals surface area contributed by atoms with Crippen LogP contribution in [0, 0.1) is 0 Å². The third-order valence-electron chi connectivity index (χ3n) is 1.89. The Bertz CT molecular complexity index is 461. The lowest BCUT2D eigenvalue weighted by Crippen LogP contribution is -2.40. The van der Waals surface area contributed by atoms with Crippen molar-refractivity contribution in [3.05, 3.63) is 24.3 Å². The van der Waals surface area contributed by atoms with Gasteiger partial charge in [-0.05, 0) is 32.9 Å². The fourth-order valence-corrected chi connectivity index (χ4v) is 3.00. The molecular weight excluding hydrogens is 224 g/mol. The number of nitrogens with one attached hydrogen (secondary N) is 2. The fourth-order valence-electron chi connectivity index (χ4n) is 1.37. The zero-order valence-corrected chi connectivity index (χ0v) is 10.9. The van der Waals surface area contributed by atoms with Crippen LogP contribution >= 0.6 is 0 Å². The van der Waals surface area contributed by atoms with E-state index < -0.39 is 15.6 Å². The maximum atomic E-state index is 12.1. The Morgan fingerprint density at radius 1 is 1.12 bits per heavy atom. The number of para-hydroxylation sites is 1. The van der Waals surface area contributed by atoms with Gasteiger partial charge in [0.05, 0.1) is 5.69 Å². The monoisotopic (exact) mass is 242 g/mol. The van der Waals surface area contributed by atoms with Crippen LogP contribution in [0.3, 0.4) is 0 Å². The number of anilines is 1. The van der Waals surface area contributed by atoms with Crippen LogP contribution in [0.4, 0.5) is 5.69 Å². The van der Waals surface area contributed by atoms with Crippen LogP contribution < -0.4 is 10.0 Å². The molecule has 0 atom stereocenters. The van der Waals surface area contributed by atoms with Crippen molar-refractivity contribution in [1.82, 2.24) is 4.72 Å². The van der Waals surface area contributed by atoms with Crippen molar-refractivity contribution < 1.29 is 8.42 Å². The SMILES string of the molecule is CNc1ccccc1S(=O)(=O)NC(C)(C)C. The maximum absolute atomic E-state index is 12.1. The highest BCUT2D eigenvalue weighted by Gasteiger charge is 2.23. The fraction of sp³-hybridized carbons (Fsp3) is 0.455. The Kier molecular flexibility index (Phi) is 3.60. The number of hydrogen-bond acceptors (Lipinski definition) is 3. The second-order valence-electron chi connectivity index (χ2n) is 4.60. The van der Waals surface area contributed by atoms with Gasteiger partial charge in [0, 0.05) is 12.6 Å². The summed E-state index contributed by atoms with van der Waals surface area (Å²) < 4.78 is 26.8. The minimum Gasteiger partial charge on any atom is -0.387 e. The molecule has 5 heteroatoms. The lowest BCUT2D eigenvalue weighted by Gasteiger charge is -2.21. The molecule has 16 heavy (non-hydrogen) atoms. The molecule has 1 aromatic rings. The first-order chi connectivity index (χ1) is 7.26. The van der Waals surface area contributed by atoms with Crippen molar-refractivity contribution in [2.45, 2.75) is 31.2 Å². The summed E-state index contributed by atoms with van der Waals surface area (Å²) in [5.41, 5.74) is 0.110. The van der Waals surface area contributed by atoms with Crippen molar-refractivity contribution in [3.8, 4) is 0 Å². The molecule has 4 nitrogen and oxygen atoms in total. The van der Waals surface area contributed by atoms with Crippen molar-refractivity contribution in [2.24, 2.45) is 0 Å². The Labute approximate surface area is 97.1 Å². The first-order valence-corrected chi connectivity index (χ1v) is 6.55. The van der Waals surface area contributed by atoms with E-state index >= 15 is 0 Å². The molecule has 0 amide bonds. The molecular formula is C11H18N2O2S. The van der Waals surface area contributed by atoms with E-state index in [1.165, 1.54) is 0 Å². The summed E-state index contributed by atoms with van der Waals surface area (Å²) in [5.74, 6) is 0. The summed E-state index contributed by atoms with van der Waals surface area (Å²) in [6.45, 7) is 5.44. The summed E-state index contributed by atoms with van der Waals surface area (Å²) >= 11 is 0. The molecule has 90 valence electrons. The third-order valence-corrected chi connectivity index (χ3v) is 3.70. The van der Waals surface area contributed by atoms with Crippen molar-refractivity contribution in [3.63, 3.8) is 0 Å². The van der Waals surface area contributed by atoms with Gasteiger partial charge in [0.1, 0.15) is 4.90 Å². The molecule has 0 aliphatic rings. The van der Waals surface area contributed by atoms with Gasteiger partial charge in [-0.3, -0.25) is 0 Å². The summed E-state index contributed by atoms with van der Waals surface area (Å²) in [6, 6.07) is 6.82. The van der Waals surface area contributed by atoms with Gasteiger partial charge >= 0.3 is 0 Å². The highest BCUT2D eigenvalue weighted by Crippen LogP contribution is 2.21. The molecule has 2 N–H and O–H groups in total. The van der Waals surface area contributed by atoms with E-state index in [9.17, 15) is 8.42 Å². The molecule has 1 aromatic carbocycles. The largest absolute Gasteiger partial charge is 0.387 e. The summed E-state index contributed by atoms with van der Waals surface area (Å²) in [6.07, 6.45) is 0. The van der Waals surface area contributed by atoms with Crippen LogP contribution in [-0.4, -0.2) is 21.0 Å². The van der Waals surface area contributed by atoms with Crippen LogP contribution in [-0.2, 0) is 10.0 Å². The summed E-state index contributed by atoms with van der Waals surface area (Å²) in [5, 5.41) is 2.87. The van der Waals surface area contributed by atoms with E-state index in [4.69, 9.17) is 0 Å². The number of hydrogen-bond donors (Lipinski definition) is 2. The Morgan fingerprint density at radius 3 is 2.19 bits per heavy atom. The minimum absolute atomic E-state index is 0.271. The van der Waals surface area contributed by atoms with Gasteiger partial charge in [-0.2, -0.15) is 0 Å². The average molecular weight is 242 g/mol. The minimum atomic E-state index is -3.47. The summed E-state index contributed by atoms with van der Waals surface area (Å²) in [4.78, 5) is 0.271. The van der Waals surface area contributed by atoms with E-state index in [0.717, 1.165) is 0 Å². The lowest BCUT2D eigenvalue weighted by molar-refractivity contribution is 0.491. The van der Waals surface area contributed by atoms with Crippen molar-refractivity contribution >= 4 is 15.7 Å². The van der Waals surface area contributed by atoms with Gasteiger partial charge in [0.2, 0.25) is 10.0 Å². The molecule has 1 rings (SSSR count). The van der Waals surface area contributed by atoms with E-state index in [-0.39, 0.29) is 4.90 Å². The molecule has 0 spiro atoms. The van der Waals surface area contributed by atoms with Gasteiger partial charge in [-0.25, -0.2) is 13.1 Å². The first kappa shape index (κ1) is 13.0. The van der Waals surface area contributed by atoms with E-state index in [0.29, 0.717) is 5.69 Å². The van der Waals surface area contributed by atoms with Crippen LogP contribution in [0.25, 0.3) is 0 Å². The quantitative estimate of drug-likeness (QED) is 0.850. The van der Waals surface area contributed by atoms with Gasteiger partial charge in [-0.15, -0.1) is 0 Å². The highest BCUT2D eigenvalue weighted by atomic mass is 32.2. The van der Waals surface area contributed by atoms with Crippen LogP contribution in [0.2, 0.25) is 0 Å². The van der Waals surface area contributed by atoms with E-state index in [1.54, 1.807) is 31.3 Å². The smallest absolute Gasteiger partial charge is 0.243 e. The number of rotatable bonds is 3. The van der Waals surface area contributed by atoms with Crippen LogP contribution in [0.1, 0.15) is 20.8 Å². The van der Waals surface area contributed by atoms with Crippen molar-refractivity contribution in [1.29, 1.82) is 0 Å². The molecule has 0 aliphatic heterocycles. The van der Waals surface area contributed by atoms with Gasteiger partial charge < -0.3 is 5.32 Å². The molecule has 0 radical (unpaired) electrons. The molecule has 0 heterocycles. The zero-order valence-electron chi connectivity index (χ0n) is 10.0. The molecule has 0 bridgehead atoms. The Balaban J connectivity index is 3.17. The second-order valence-corrected chi connectivity index (χ2v) is 6.25. The Hall–Kier alpha value is -1.07. The maximum Gasteiger partial charge on any atom is 0.243 e. The number of benzene rings is 1. The van der Waals surface area contributed by atoms with Gasteiger partial charge in [0.25, 0.3) is 0 Å². The topological polar surface area (TPSA) is 58.2 Å². The second kappa shape index (κ2) is 4.43. The normalized spacial score (nSPS) is 12.5. The van der Waals surface area contributed by atoms with E-state index in [1.807, 2.05) is 20.8 Å². The molecule has 0 unspecified atom stereocenters. The predicted octanol–water partition coefficient (Wildman–Crippen LogP) is 1.81. The van der Waals surface area contributed by atoms with Crippen LogP contribution in [0.15, 0.2) is 29.2 Å². The molecule has 0 fully saturated rings.